The zero-order valence-electron chi connectivity index (χ0n) is 6.44. The van der Waals surface area contributed by atoms with Crippen LogP contribution in [-0.4, -0.2) is 62.2 Å². The van der Waals surface area contributed by atoms with E-state index >= 15 is 0 Å². The fourth-order valence-electron chi connectivity index (χ4n) is 0.955. The van der Waals surface area contributed by atoms with Gasteiger partial charge in [0.2, 0.25) is 6.29 Å². The molecule has 0 bridgehead atoms. The molecule has 1 aliphatic rings. The lowest BCUT2D eigenvalue weighted by Crippen LogP contribution is -2.46. The molecule has 1 fully saturated rings. The van der Waals surface area contributed by atoms with Crippen LogP contribution in [0, 0.1) is 0 Å². The number of cyclic esters (lactones) is 1. The van der Waals surface area contributed by atoms with Crippen LogP contribution in [-0.2, 0) is 9.53 Å². The molecule has 7 heteroatoms. The Balaban J connectivity index is 2.85. The predicted molar refractivity (Wildman–Crippen MR) is 36.1 cm³/mol. The van der Waals surface area contributed by atoms with Gasteiger partial charge < -0.3 is 30.3 Å². The van der Waals surface area contributed by atoms with Gasteiger partial charge in [-0.1, -0.05) is 0 Å². The largest absolute Gasteiger partial charge is 0.431 e. The molecule has 1 aliphatic heterocycles. The van der Waals surface area contributed by atoms with Gasteiger partial charge in [-0.05, 0) is 0 Å². The third kappa shape index (κ3) is 1.79. The quantitative estimate of drug-likeness (QED) is 0.251. The van der Waals surface area contributed by atoms with E-state index in [0.717, 1.165) is 0 Å². The molecule has 0 radical (unpaired) electrons. The van der Waals surface area contributed by atoms with E-state index in [4.69, 9.17) is 25.5 Å². The minimum absolute atomic E-state index is 1.30. The summed E-state index contributed by atoms with van der Waals surface area (Å²) in [6.07, 6.45) is -9.47. The molecule has 1 heterocycles. The van der Waals surface area contributed by atoms with Crippen LogP contribution >= 0.6 is 0 Å². The maximum Gasteiger partial charge on any atom is 0.340 e. The molecule has 13 heavy (non-hydrogen) atoms. The van der Waals surface area contributed by atoms with Crippen molar-refractivity contribution in [3.8, 4) is 0 Å². The molecule has 1 unspecified atom stereocenters. The van der Waals surface area contributed by atoms with Crippen LogP contribution < -0.4 is 0 Å². The number of carbonyl (C=O) groups is 1. The van der Waals surface area contributed by atoms with Gasteiger partial charge in [0, 0.05) is 0 Å². The second-order valence-corrected chi connectivity index (χ2v) is 2.74. The second-order valence-electron chi connectivity index (χ2n) is 2.74. The summed E-state index contributed by atoms with van der Waals surface area (Å²) in [4.78, 5) is 10.7. The van der Waals surface area contributed by atoms with E-state index in [1.165, 1.54) is 0 Å². The van der Waals surface area contributed by atoms with Gasteiger partial charge >= 0.3 is 5.97 Å². The highest BCUT2D eigenvalue weighted by atomic mass is 16.7. The molecule has 0 aromatic heterocycles. The Morgan fingerprint density at radius 2 is 1.46 bits per heavy atom. The minimum Gasteiger partial charge on any atom is -0.431 e. The third-order valence-electron chi connectivity index (χ3n) is 1.79. The van der Waals surface area contributed by atoms with Gasteiger partial charge in [0.1, 0.15) is 18.3 Å². The van der Waals surface area contributed by atoms with Crippen molar-refractivity contribution in [3.05, 3.63) is 0 Å². The number of hydrogen-bond donors (Lipinski definition) is 5. The molecule has 1 rings (SSSR count). The van der Waals surface area contributed by atoms with Crippen molar-refractivity contribution in [2.45, 2.75) is 30.7 Å². The number of aliphatic hydroxyl groups is 5. The molecule has 0 spiro atoms. The molecule has 0 aliphatic carbocycles. The Kier molecular flexibility index (Phi) is 2.84. The zero-order valence-corrected chi connectivity index (χ0v) is 6.44. The first-order chi connectivity index (χ1) is 5.95. The number of ether oxygens (including phenoxy) is 1. The maximum atomic E-state index is 10.7. The molecule has 5 atom stereocenters. The van der Waals surface area contributed by atoms with Gasteiger partial charge in [-0.2, -0.15) is 0 Å². The third-order valence-corrected chi connectivity index (χ3v) is 1.79. The van der Waals surface area contributed by atoms with Crippen molar-refractivity contribution in [2.24, 2.45) is 0 Å². The lowest BCUT2D eigenvalue weighted by Gasteiger charge is -2.20. The lowest BCUT2D eigenvalue weighted by molar-refractivity contribution is -0.194. The summed E-state index contributed by atoms with van der Waals surface area (Å²) >= 11 is 0. The van der Waals surface area contributed by atoms with Crippen LogP contribution in [0.25, 0.3) is 0 Å². The maximum absolute atomic E-state index is 10.7. The van der Waals surface area contributed by atoms with Crippen LogP contribution in [0.2, 0.25) is 0 Å². The summed E-state index contributed by atoms with van der Waals surface area (Å²) < 4.78 is 4.07. The normalized spacial score (nSPS) is 46.8. The Morgan fingerprint density at radius 3 is 2.00 bits per heavy atom. The summed E-state index contributed by atoms with van der Waals surface area (Å²) in [6, 6.07) is 0. The van der Waals surface area contributed by atoms with Gasteiger partial charge in [-0.15, -0.1) is 0 Å². The summed E-state index contributed by atoms with van der Waals surface area (Å²) in [7, 11) is 0. The molecule has 76 valence electrons. The highest BCUT2D eigenvalue weighted by Gasteiger charge is 2.43. The number of esters is 1. The molecule has 0 amide bonds. The van der Waals surface area contributed by atoms with Gasteiger partial charge in [-0.25, -0.2) is 4.79 Å². The first-order valence-corrected chi connectivity index (χ1v) is 3.56. The van der Waals surface area contributed by atoms with Gasteiger partial charge in [0.05, 0.1) is 0 Å². The Bertz CT molecular complexity index is 205. The molecule has 0 saturated carbocycles. The van der Waals surface area contributed by atoms with Crippen LogP contribution in [0.5, 0.6) is 0 Å². The molecular weight excluding hydrogens is 184 g/mol. The van der Waals surface area contributed by atoms with E-state index in [2.05, 4.69) is 4.74 Å². The van der Waals surface area contributed by atoms with E-state index in [0.29, 0.717) is 0 Å². The summed E-state index contributed by atoms with van der Waals surface area (Å²) in [5.74, 6) is -1.30. The first kappa shape index (κ1) is 10.4. The molecule has 0 aromatic rings. The van der Waals surface area contributed by atoms with E-state index in [1.807, 2.05) is 0 Å². The molecule has 1 saturated heterocycles. The number of aliphatic hydroxyl groups excluding tert-OH is 5. The molecular formula is C6H10O7. The second kappa shape index (κ2) is 3.56. The first-order valence-electron chi connectivity index (χ1n) is 3.56. The van der Waals surface area contributed by atoms with Crippen molar-refractivity contribution in [2.75, 3.05) is 0 Å². The molecule has 7 nitrogen and oxygen atoms in total. The monoisotopic (exact) mass is 194 g/mol. The average Bonchev–Trinajstić information content (AvgIpc) is 2.15. The smallest absolute Gasteiger partial charge is 0.340 e. The molecule has 0 aromatic carbocycles. The zero-order chi connectivity index (χ0) is 10.2. The van der Waals surface area contributed by atoms with Gasteiger partial charge in [0.25, 0.3) is 0 Å². The van der Waals surface area contributed by atoms with Gasteiger partial charge in [-0.3, -0.25) is 0 Å². The van der Waals surface area contributed by atoms with Crippen molar-refractivity contribution >= 4 is 5.97 Å². The summed E-state index contributed by atoms with van der Waals surface area (Å²) in [5, 5.41) is 44.8. The Labute approximate surface area is 72.8 Å². The topological polar surface area (TPSA) is 127 Å². The number of hydrogen-bond acceptors (Lipinski definition) is 7. The minimum atomic E-state index is -1.97. The van der Waals surface area contributed by atoms with Crippen LogP contribution in [0.1, 0.15) is 0 Å². The van der Waals surface area contributed by atoms with Gasteiger partial charge in [0.15, 0.2) is 6.10 Å². The van der Waals surface area contributed by atoms with E-state index in [1.54, 1.807) is 0 Å². The number of carbonyl (C=O) groups excluding carboxylic acids is 1. The van der Waals surface area contributed by atoms with Crippen LogP contribution in [0.3, 0.4) is 0 Å². The van der Waals surface area contributed by atoms with Crippen LogP contribution in [0.4, 0.5) is 0 Å². The molecule has 5 N–H and O–H groups in total. The fourth-order valence-corrected chi connectivity index (χ4v) is 0.955. The Morgan fingerprint density at radius 1 is 0.923 bits per heavy atom. The fraction of sp³-hybridized carbons (Fsp3) is 0.833. The summed E-state index contributed by atoms with van der Waals surface area (Å²) in [6.45, 7) is 0. The van der Waals surface area contributed by atoms with E-state index < -0.39 is 36.7 Å². The highest BCUT2D eigenvalue weighted by molar-refractivity contribution is 5.75. The summed E-state index contributed by atoms with van der Waals surface area (Å²) in [5.41, 5.74) is 0. The SMILES string of the molecule is O=C1OC(O)[C@H](O)[C@@H](O)[C@@H](O)[C@@H]1O. The standard InChI is InChI=1S/C6H10O7/c7-1-2(8)4(10)6(12)13-5(11)3(1)9/h1-5,7-11H/t1-,2+,3+,4-,5?/m0/s1. The van der Waals surface area contributed by atoms with Crippen LogP contribution in [0.15, 0.2) is 0 Å². The van der Waals surface area contributed by atoms with Crippen molar-refractivity contribution in [1.29, 1.82) is 0 Å². The van der Waals surface area contributed by atoms with Crippen molar-refractivity contribution in [3.63, 3.8) is 0 Å². The highest BCUT2D eigenvalue weighted by Crippen LogP contribution is 2.15. The van der Waals surface area contributed by atoms with E-state index in [9.17, 15) is 4.79 Å². The number of rotatable bonds is 0. The average molecular weight is 194 g/mol. The van der Waals surface area contributed by atoms with Crippen molar-refractivity contribution < 1.29 is 35.1 Å². The Hall–Kier alpha value is -0.730. The lowest BCUT2D eigenvalue weighted by atomic mass is 10.0. The predicted octanol–water partition coefficient (Wildman–Crippen LogP) is -3.69. The van der Waals surface area contributed by atoms with Crippen molar-refractivity contribution in [1.82, 2.24) is 0 Å². The van der Waals surface area contributed by atoms with E-state index in [-0.39, 0.29) is 0 Å².